The zero-order chi connectivity index (χ0) is 14.0. The van der Waals surface area contributed by atoms with Gasteiger partial charge >= 0.3 is 5.97 Å². The minimum absolute atomic E-state index is 0.0426. The lowest BCUT2D eigenvalue weighted by molar-refractivity contribution is -0.138. The first-order valence-electron chi connectivity index (χ1n) is 5.71. The summed E-state index contributed by atoms with van der Waals surface area (Å²) in [7, 11) is 0. The Bertz CT molecular complexity index is 347. The van der Waals surface area contributed by atoms with Crippen LogP contribution in [0.2, 0.25) is 0 Å². The van der Waals surface area contributed by atoms with Crippen molar-refractivity contribution in [3.05, 3.63) is 24.8 Å². The maximum absolute atomic E-state index is 11.5. The summed E-state index contributed by atoms with van der Waals surface area (Å²) < 4.78 is 4.70. The molecule has 0 heterocycles. The number of amides is 1. The Morgan fingerprint density at radius 3 is 2.61 bits per heavy atom. The van der Waals surface area contributed by atoms with Crippen LogP contribution >= 0.6 is 0 Å². The average Bonchev–Trinajstić information content (AvgIpc) is 2.33. The largest absolute Gasteiger partial charge is 0.461 e. The standard InChI is InChI=1S/C13H19NO4/c1-4-12(16)18-9-8-14-13(17)10(2)6-5-7-11(3)15/h4-5,7,10H,1,6,8-9H2,2-3H3,(H,14,17)/b7-5+. The van der Waals surface area contributed by atoms with E-state index in [1.807, 2.05) is 0 Å². The van der Waals surface area contributed by atoms with Crippen LogP contribution in [0.1, 0.15) is 20.3 Å². The van der Waals surface area contributed by atoms with Crippen LogP contribution < -0.4 is 5.32 Å². The highest BCUT2D eigenvalue weighted by Crippen LogP contribution is 2.02. The van der Waals surface area contributed by atoms with E-state index < -0.39 is 5.97 Å². The van der Waals surface area contributed by atoms with Gasteiger partial charge in [0.25, 0.3) is 0 Å². The highest BCUT2D eigenvalue weighted by Gasteiger charge is 2.10. The molecule has 0 aromatic carbocycles. The number of nitrogens with one attached hydrogen (secondary N) is 1. The fraction of sp³-hybridized carbons (Fsp3) is 0.462. The van der Waals surface area contributed by atoms with Crippen molar-refractivity contribution in [1.29, 1.82) is 0 Å². The monoisotopic (exact) mass is 253 g/mol. The lowest BCUT2D eigenvalue weighted by atomic mass is 10.1. The van der Waals surface area contributed by atoms with E-state index in [4.69, 9.17) is 4.74 Å². The van der Waals surface area contributed by atoms with E-state index in [1.54, 1.807) is 13.0 Å². The molecule has 5 heteroatoms. The first-order valence-corrected chi connectivity index (χ1v) is 5.71. The van der Waals surface area contributed by atoms with E-state index in [9.17, 15) is 14.4 Å². The molecule has 0 radical (unpaired) electrons. The lowest BCUT2D eigenvalue weighted by Crippen LogP contribution is -2.32. The molecule has 5 nitrogen and oxygen atoms in total. The summed E-state index contributed by atoms with van der Waals surface area (Å²) in [5, 5.41) is 2.63. The molecule has 0 aliphatic heterocycles. The SMILES string of the molecule is C=CC(=O)OCCNC(=O)C(C)C/C=C/C(C)=O. The van der Waals surface area contributed by atoms with Crippen molar-refractivity contribution in [2.75, 3.05) is 13.2 Å². The third kappa shape index (κ3) is 8.27. The molecule has 1 amide bonds. The first kappa shape index (κ1) is 16.1. The predicted octanol–water partition coefficient (Wildman–Crippen LogP) is 1.00. The van der Waals surface area contributed by atoms with Crippen molar-refractivity contribution >= 4 is 17.7 Å². The zero-order valence-corrected chi connectivity index (χ0v) is 10.8. The Hall–Kier alpha value is -1.91. The Labute approximate surface area is 107 Å². The van der Waals surface area contributed by atoms with Gasteiger partial charge in [-0.25, -0.2) is 4.79 Å². The van der Waals surface area contributed by atoms with Gasteiger partial charge in [0.15, 0.2) is 5.78 Å². The Morgan fingerprint density at radius 2 is 2.06 bits per heavy atom. The minimum atomic E-state index is -0.512. The van der Waals surface area contributed by atoms with Crippen molar-refractivity contribution < 1.29 is 19.1 Å². The highest BCUT2D eigenvalue weighted by molar-refractivity contribution is 5.87. The molecule has 1 unspecified atom stereocenters. The van der Waals surface area contributed by atoms with Gasteiger partial charge in [0, 0.05) is 12.0 Å². The number of hydrogen-bond acceptors (Lipinski definition) is 4. The van der Waals surface area contributed by atoms with Crippen molar-refractivity contribution in [3.63, 3.8) is 0 Å². The number of ketones is 1. The van der Waals surface area contributed by atoms with Gasteiger partial charge in [0.05, 0.1) is 6.54 Å². The molecule has 0 bridgehead atoms. The Balaban J connectivity index is 3.77. The number of hydrogen-bond donors (Lipinski definition) is 1. The minimum Gasteiger partial charge on any atom is -0.461 e. The predicted molar refractivity (Wildman–Crippen MR) is 67.8 cm³/mol. The molecule has 0 aromatic heterocycles. The summed E-state index contributed by atoms with van der Waals surface area (Å²) in [5.74, 6) is -0.922. The maximum Gasteiger partial charge on any atom is 0.330 e. The first-order chi connectivity index (χ1) is 8.47. The molecule has 0 fully saturated rings. The van der Waals surface area contributed by atoms with E-state index in [0.717, 1.165) is 6.08 Å². The van der Waals surface area contributed by atoms with Crippen LogP contribution in [0.25, 0.3) is 0 Å². The van der Waals surface area contributed by atoms with Crippen LogP contribution in [0.5, 0.6) is 0 Å². The second-order valence-corrected chi connectivity index (χ2v) is 3.81. The molecular weight excluding hydrogens is 234 g/mol. The second-order valence-electron chi connectivity index (χ2n) is 3.81. The number of ether oxygens (including phenoxy) is 1. The van der Waals surface area contributed by atoms with Crippen LogP contribution in [0.4, 0.5) is 0 Å². The van der Waals surface area contributed by atoms with Crippen LogP contribution in [-0.4, -0.2) is 30.8 Å². The molecule has 100 valence electrons. The average molecular weight is 253 g/mol. The smallest absolute Gasteiger partial charge is 0.330 e. The summed E-state index contributed by atoms with van der Waals surface area (Å²) in [6.07, 6.45) is 4.68. The van der Waals surface area contributed by atoms with Gasteiger partial charge in [-0.05, 0) is 19.4 Å². The molecule has 0 rings (SSSR count). The summed E-state index contributed by atoms with van der Waals surface area (Å²) in [4.78, 5) is 32.9. The fourth-order valence-corrected chi connectivity index (χ4v) is 1.10. The molecule has 1 N–H and O–H groups in total. The van der Waals surface area contributed by atoms with Gasteiger partial charge in [-0.3, -0.25) is 9.59 Å². The molecule has 18 heavy (non-hydrogen) atoms. The van der Waals surface area contributed by atoms with Gasteiger partial charge in [-0.2, -0.15) is 0 Å². The van der Waals surface area contributed by atoms with Gasteiger partial charge in [-0.1, -0.05) is 19.6 Å². The molecular formula is C13H19NO4. The highest BCUT2D eigenvalue weighted by atomic mass is 16.5. The quantitative estimate of drug-likeness (QED) is 0.398. The summed E-state index contributed by atoms with van der Waals surface area (Å²) in [5.41, 5.74) is 0. The van der Waals surface area contributed by atoms with Crippen LogP contribution in [0.3, 0.4) is 0 Å². The zero-order valence-electron chi connectivity index (χ0n) is 10.8. The van der Waals surface area contributed by atoms with Gasteiger partial charge in [0.1, 0.15) is 6.61 Å². The molecule has 0 saturated heterocycles. The van der Waals surface area contributed by atoms with Crippen molar-refractivity contribution in [1.82, 2.24) is 5.32 Å². The van der Waals surface area contributed by atoms with Gasteiger partial charge < -0.3 is 10.1 Å². The topological polar surface area (TPSA) is 72.5 Å². The summed E-state index contributed by atoms with van der Waals surface area (Å²) in [6, 6.07) is 0. The van der Waals surface area contributed by atoms with Gasteiger partial charge in [-0.15, -0.1) is 0 Å². The van der Waals surface area contributed by atoms with Crippen LogP contribution in [0.15, 0.2) is 24.8 Å². The normalized spacial score (nSPS) is 11.9. The molecule has 0 spiro atoms. The van der Waals surface area contributed by atoms with E-state index in [0.29, 0.717) is 6.42 Å². The van der Waals surface area contributed by atoms with Crippen molar-refractivity contribution in [2.45, 2.75) is 20.3 Å². The molecule has 0 aliphatic rings. The number of carbonyl (C=O) groups is 3. The van der Waals surface area contributed by atoms with Gasteiger partial charge in [0.2, 0.25) is 5.91 Å². The number of rotatable bonds is 8. The molecule has 1 atom stereocenters. The fourth-order valence-electron chi connectivity index (χ4n) is 1.10. The molecule has 0 aliphatic carbocycles. The van der Waals surface area contributed by atoms with E-state index in [1.165, 1.54) is 13.0 Å². The molecule has 0 saturated carbocycles. The Morgan fingerprint density at radius 1 is 1.39 bits per heavy atom. The van der Waals surface area contributed by atoms with E-state index in [2.05, 4.69) is 11.9 Å². The summed E-state index contributed by atoms with van der Waals surface area (Å²) in [6.45, 7) is 6.85. The maximum atomic E-state index is 11.5. The van der Waals surface area contributed by atoms with Crippen molar-refractivity contribution in [2.24, 2.45) is 5.92 Å². The van der Waals surface area contributed by atoms with Crippen molar-refractivity contribution in [3.8, 4) is 0 Å². The molecule has 0 aromatic rings. The number of carbonyl (C=O) groups excluding carboxylic acids is 3. The number of esters is 1. The van der Waals surface area contributed by atoms with Crippen LogP contribution in [-0.2, 0) is 19.1 Å². The second kappa shape index (κ2) is 9.15. The van der Waals surface area contributed by atoms with E-state index >= 15 is 0 Å². The van der Waals surface area contributed by atoms with Crippen LogP contribution in [0, 0.1) is 5.92 Å². The third-order valence-electron chi connectivity index (χ3n) is 2.10. The summed E-state index contributed by atoms with van der Waals surface area (Å²) >= 11 is 0. The van der Waals surface area contributed by atoms with E-state index in [-0.39, 0.29) is 30.8 Å². The number of allylic oxidation sites excluding steroid dienone is 2. The third-order valence-corrected chi connectivity index (χ3v) is 2.10. The Kier molecular flexibility index (Phi) is 8.18. The lowest BCUT2D eigenvalue weighted by Gasteiger charge is -2.10.